The topological polar surface area (TPSA) is 26.0 Å². The molecule has 0 spiro atoms. The Balaban J connectivity index is 2.69. The monoisotopic (exact) mass is 153 g/mol. The Labute approximate surface area is 69.7 Å². The molecule has 2 N–H and O–H groups in total. The van der Waals surface area contributed by atoms with Crippen LogP contribution in [0.1, 0.15) is 33.6 Å². The number of hydrogen-bond donors (Lipinski definition) is 1. The molecule has 0 aromatic heterocycles. The van der Waals surface area contributed by atoms with E-state index < -0.39 is 0 Å². The Morgan fingerprint density at radius 1 is 1.36 bits per heavy atom. The van der Waals surface area contributed by atoms with Gasteiger partial charge in [-0.15, -0.1) is 0 Å². The van der Waals surface area contributed by atoms with E-state index in [1.165, 1.54) is 6.42 Å². The summed E-state index contributed by atoms with van der Waals surface area (Å²) in [6.07, 6.45) is 6.93. The molecule has 0 radical (unpaired) electrons. The molecule has 0 aromatic carbocycles. The lowest BCUT2D eigenvalue weighted by molar-refractivity contribution is 0.336. The van der Waals surface area contributed by atoms with Crippen molar-refractivity contribution >= 4 is 0 Å². The van der Waals surface area contributed by atoms with Crippen LogP contribution in [0.15, 0.2) is 12.2 Å². The second-order valence-electron chi connectivity index (χ2n) is 4.20. The van der Waals surface area contributed by atoms with Gasteiger partial charge in [0.2, 0.25) is 0 Å². The maximum Gasteiger partial charge on any atom is 0.0186 e. The molecule has 11 heavy (non-hydrogen) atoms. The molecule has 0 aromatic rings. The van der Waals surface area contributed by atoms with E-state index in [1.54, 1.807) is 0 Å². The van der Waals surface area contributed by atoms with Gasteiger partial charge in [0.1, 0.15) is 0 Å². The van der Waals surface area contributed by atoms with Crippen LogP contribution in [0.2, 0.25) is 0 Å². The van der Waals surface area contributed by atoms with Crippen molar-refractivity contribution < 1.29 is 0 Å². The van der Waals surface area contributed by atoms with E-state index in [0.717, 1.165) is 6.42 Å². The summed E-state index contributed by atoms with van der Waals surface area (Å²) in [7, 11) is 0. The first-order valence-electron chi connectivity index (χ1n) is 4.49. The average Bonchev–Trinajstić information content (AvgIpc) is 2.03. The van der Waals surface area contributed by atoms with Gasteiger partial charge in [-0.25, -0.2) is 0 Å². The Kier molecular flexibility index (Phi) is 2.38. The predicted molar refractivity (Wildman–Crippen MR) is 49.3 cm³/mol. The van der Waals surface area contributed by atoms with Crippen LogP contribution in [0.25, 0.3) is 0 Å². The third-order valence-corrected chi connectivity index (χ3v) is 2.91. The van der Waals surface area contributed by atoms with Gasteiger partial charge in [0.25, 0.3) is 0 Å². The quantitative estimate of drug-likeness (QED) is 0.531. The molecule has 0 fully saturated rings. The average molecular weight is 153 g/mol. The van der Waals surface area contributed by atoms with Crippen LogP contribution in [0, 0.1) is 11.8 Å². The largest absolute Gasteiger partial charge is 0.325 e. The molecule has 3 unspecified atom stereocenters. The Morgan fingerprint density at radius 3 is 2.64 bits per heavy atom. The van der Waals surface area contributed by atoms with Crippen molar-refractivity contribution in [1.29, 1.82) is 0 Å². The van der Waals surface area contributed by atoms with Crippen LogP contribution in [-0.2, 0) is 0 Å². The smallest absolute Gasteiger partial charge is 0.0186 e. The highest BCUT2D eigenvalue weighted by Gasteiger charge is 2.26. The molecule has 0 amide bonds. The van der Waals surface area contributed by atoms with E-state index in [2.05, 4.69) is 32.9 Å². The molecular weight excluding hydrogens is 134 g/mol. The molecule has 1 aliphatic carbocycles. The summed E-state index contributed by atoms with van der Waals surface area (Å²) >= 11 is 0. The summed E-state index contributed by atoms with van der Waals surface area (Å²) in [4.78, 5) is 0. The Hall–Kier alpha value is -0.300. The van der Waals surface area contributed by atoms with Gasteiger partial charge < -0.3 is 5.73 Å². The van der Waals surface area contributed by atoms with Crippen molar-refractivity contribution in [3.63, 3.8) is 0 Å². The van der Waals surface area contributed by atoms with Gasteiger partial charge in [-0.3, -0.25) is 0 Å². The standard InChI is InChI=1S/C10H19N/c1-8-4-5-9(2)10(3,11)7-6-8/h4-5,8-9H,6-7,11H2,1-3H3. The van der Waals surface area contributed by atoms with Gasteiger partial charge >= 0.3 is 0 Å². The minimum absolute atomic E-state index is 0.0151. The van der Waals surface area contributed by atoms with Crippen LogP contribution in [0.5, 0.6) is 0 Å². The molecule has 0 heterocycles. The maximum absolute atomic E-state index is 6.13. The molecule has 0 saturated carbocycles. The van der Waals surface area contributed by atoms with E-state index >= 15 is 0 Å². The number of rotatable bonds is 0. The minimum atomic E-state index is 0.0151. The summed E-state index contributed by atoms with van der Waals surface area (Å²) in [5, 5.41) is 0. The molecule has 0 bridgehead atoms. The lowest BCUT2D eigenvalue weighted by Crippen LogP contribution is -2.41. The zero-order valence-electron chi connectivity index (χ0n) is 7.80. The van der Waals surface area contributed by atoms with E-state index in [4.69, 9.17) is 5.73 Å². The number of hydrogen-bond acceptors (Lipinski definition) is 1. The third-order valence-electron chi connectivity index (χ3n) is 2.91. The van der Waals surface area contributed by atoms with Crippen LogP contribution >= 0.6 is 0 Å². The normalized spacial score (nSPS) is 45.5. The van der Waals surface area contributed by atoms with Crippen LogP contribution < -0.4 is 5.73 Å². The molecule has 1 heteroatoms. The lowest BCUT2D eigenvalue weighted by atomic mass is 9.85. The van der Waals surface area contributed by atoms with E-state index in [1.807, 2.05) is 0 Å². The van der Waals surface area contributed by atoms with Gasteiger partial charge in [0.05, 0.1) is 0 Å². The Morgan fingerprint density at radius 2 is 2.00 bits per heavy atom. The van der Waals surface area contributed by atoms with Gasteiger partial charge in [-0.05, 0) is 31.6 Å². The third kappa shape index (κ3) is 2.06. The SMILES string of the molecule is CC1C=CC(C)C(C)(N)CC1. The molecule has 0 aliphatic heterocycles. The van der Waals surface area contributed by atoms with Crippen molar-refractivity contribution in [3.8, 4) is 0 Å². The molecule has 1 aliphatic rings. The fourth-order valence-electron chi connectivity index (χ4n) is 1.44. The van der Waals surface area contributed by atoms with Gasteiger partial charge in [-0.2, -0.15) is 0 Å². The van der Waals surface area contributed by atoms with Crippen LogP contribution in [0.4, 0.5) is 0 Å². The summed E-state index contributed by atoms with van der Waals surface area (Å²) < 4.78 is 0. The maximum atomic E-state index is 6.13. The molecule has 0 saturated heterocycles. The van der Waals surface area contributed by atoms with Gasteiger partial charge in [0.15, 0.2) is 0 Å². The summed E-state index contributed by atoms with van der Waals surface area (Å²) in [5.41, 5.74) is 6.15. The minimum Gasteiger partial charge on any atom is -0.325 e. The zero-order valence-corrected chi connectivity index (χ0v) is 7.80. The summed E-state index contributed by atoms with van der Waals surface area (Å²) in [6.45, 7) is 6.61. The highest BCUT2D eigenvalue weighted by Crippen LogP contribution is 2.27. The van der Waals surface area contributed by atoms with Crippen molar-refractivity contribution in [2.75, 3.05) is 0 Å². The second kappa shape index (κ2) is 2.98. The van der Waals surface area contributed by atoms with Crippen LogP contribution in [-0.4, -0.2) is 5.54 Å². The second-order valence-corrected chi connectivity index (χ2v) is 4.20. The first kappa shape index (κ1) is 8.79. The molecule has 1 rings (SSSR count). The fourth-order valence-corrected chi connectivity index (χ4v) is 1.44. The van der Waals surface area contributed by atoms with Gasteiger partial charge in [-0.1, -0.05) is 26.0 Å². The predicted octanol–water partition coefficient (Wildman–Crippen LogP) is 2.33. The first-order chi connectivity index (χ1) is 5.02. The number of allylic oxidation sites excluding steroid dienone is 1. The fraction of sp³-hybridized carbons (Fsp3) is 0.800. The highest BCUT2D eigenvalue weighted by molar-refractivity contribution is 5.03. The van der Waals surface area contributed by atoms with E-state index in [0.29, 0.717) is 11.8 Å². The Bertz CT molecular complexity index is 158. The summed E-state index contributed by atoms with van der Waals surface area (Å²) in [5.74, 6) is 1.23. The first-order valence-corrected chi connectivity index (χ1v) is 4.49. The molecule has 1 nitrogen and oxygen atoms in total. The van der Waals surface area contributed by atoms with Crippen molar-refractivity contribution in [2.24, 2.45) is 17.6 Å². The molecule has 3 atom stereocenters. The summed E-state index contributed by atoms with van der Waals surface area (Å²) in [6, 6.07) is 0. The zero-order chi connectivity index (χ0) is 8.48. The van der Waals surface area contributed by atoms with Crippen LogP contribution in [0.3, 0.4) is 0 Å². The van der Waals surface area contributed by atoms with Crippen molar-refractivity contribution in [1.82, 2.24) is 0 Å². The number of nitrogens with two attached hydrogens (primary N) is 1. The van der Waals surface area contributed by atoms with Crippen molar-refractivity contribution in [2.45, 2.75) is 39.2 Å². The van der Waals surface area contributed by atoms with E-state index in [-0.39, 0.29) is 5.54 Å². The molecular formula is C10H19N. The van der Waals surface area contributed by atoms with Gasteiger partial charge in [0, 0.05) is 5.54 Å². The van der Waals surface area contributed by atoms with Crippen molar-refractivity contribution in [3.05, 3.63) is 12.2 Å². The lowest BCUT2D eigenvalue weighted by Gasteiger charge is -2.28. The van der Waals surface area contributed by atoms with E-state index in [9.17, 15) is 0 Å². The molecule has 64 valence electrons. The highest BCUT2D eigenvalue weighted by atomic mass is 14.7.